The van der Waals surface area contributed by atoms with Crippen molar-refractivity contribution in [2.75, 3.05) is 63.2 Å². The molecule has 0 atom stereocenters. The summed E-state index contributed by atoms with van der Waals surface area (Å²) in [5.74, 6) is -1.14. The van der Waals surface area contributed by atoms with Crippen LogP contribution in [0.1, 0.15) is 151 Å². The van der Waals surface area contributed by atoms with Crippen LogP contribution in [0.3, 0.4) is 0 Å². The van der Waals surface area contributed by atoms with E-state index >= 15 is 0 Å². The van der Waals surface area contributed by atoms with E-state index in [0.717, 1.165) is 160 Å². The average molecular weight is 1440 g/mol. The summed E-state index contributed by atoms with van der Waals surface area (Å²) in [7, 11) is 0. The second-order valence-corrected chi connectivity index (χ2v) is 27.1. The number of fused-ring (bicyclic) bond motifs is 2. The Bertz CT molecular complexity index is 4710. The molecule has 7 N–H and O–H groups in total. The highest BCUT2D eigenvalue weighted by Crippen LogP contribution is 2.35. The lowest BCUT2D eigenvalue weighted by molar-refractivity contribution is 0.0903. The summed E-state index contributed by atoms with van der Waals surface area (Å²) in [5, 5.41) is 35.4. The molecule has 540 valence electrons. The fourth-order valence-corrected chi connectivity index (χ4v) is 14.1. The molecular weight excluding hydrogens is 1350 g/mol. The Morgan fingerprint density at radius 1 is 0.519 bits per heavy atom. The van der Waals surface area contributed by atoms with Gasteiger partial charge in [-0.15, -0.1) is 0 Å². The molecule has 23 heteroatoms. The Labute approximate surface area is 616 Å². The van der Waals surface area contributed by atoms with Crippen LogP contribution in [0.25, 0.3) is 44.3 Å². The third-order valence-corrected chi connectivity index (χ3v) is 20.0. The molecule has 0 saturated carbocycles. The molecule has 104 heavy (non-hydrogen) atoms. The number of nitrogens with one attached hydrogen (secondary N) is 7. The minimum absolute atomic E-state index is 0.242. The zero-order chi connectivity index (χ0) is 72.5. The van der Waals surface area contributed by atoms with Gasteiger partial charge >= 0.3 is 0 Å². The average Bonchev–Trinajstić information content (AvgIpc) is 1.56. The second-order valence-electron chi connectivity index (χ2n) is 26.3. The summed E-state index contributed by atoms with van der Waals surface area (Å²) in [6.07, 6.45) is 10.6. The van der Waals surface area contributed by atoms with Gasteiger partial charge in [-0.1, -0.05) is 97.7 Å². The van der Waals surface area contributed by atoms with Gasteiger partial charge in [0, 0.05) is 169 Å². The van der Waals surface area contributed by atoms with Gasteiger partial charge in [-0.05, 0) is 172 Å². The van der Waals surface area contributed by atoms with Gasteiger partial charge in [0.2, 0.25) is 0 Å². The summed E-state index contributed by atoms with van der Waals surface area (Å²) in [6, 6.07) is 41.1. The molecule has 0 radical (unpaired) electrons. The summed E-state index contributed by atoms with van der Waals surface area (Å²) in [6.45, 7) is 18.7. The van der Waals surface area contributed by atoms with Crippen LogP contribution in [0.15, 0.2) is 146 Å². The van der Waals surface area contributed by atoms with Gasteiger partial charge < -0.3 is 46.7 Å². The van der Waals surface area contributed by atoms with Crippen LogP contribution in [0.4, 0.5) is 11.4 Å². The van der Waals surface area contributed by atoms with Crippen LogP contribution in [-0.4, -0.2) is 129 Å². The predicted octanol–water partition coefficient (Wildman–Crippen LogP) is 13.2. The van der Waals surface area contributed by atoms with Gasteiger partial charge in [0.15, 0.2) is 11.3 Å². The van der Waals surface area contributed by atoms with E-state index in [4.69, 9.17) is 42.6 Å². The van der Waals surface area contributed by atoms with Crippen molar-refractivity contribution in [3.63, 3.8) is 0 Å². The third-order valence-electron chi connectivity index (χ3n) is 19.4. The van der Waals surface area contributed by atoms with E-state index in [1.807, 2.05) is 65.1 Å². The molecule has 3 saturated heterocycles. The summed E-state index contributed by atoms with van der Waals surface area (Å²) < 4.78 is 15.0. The number of carbonyl (C=O) groups excluding carboxylic acids is 5. The maximum atomic E-state index is 13.6. The van der Waals surface area contributed by atoms with Gasteiger partial charge in [0.05, 0.1) is 34.5 Å². The van der Waals surface area contributed by atoms with E-state index in [-0.39, 0.29) is 55.3 Å². The summed E-state index contributed by atoms with van der Waals surface area (Å²) in [4.78, 5) is 77.4. The number of nitrogens with zero attached hydrogens (tertiary/aromatic N) is 7. The highest BCUT2D eigenvalue weighted by Gasteiger charge is 2.26. The molecule has 6 aromatic carbocycles. The van der Waals surface area contributed by atoms with E-state index in [2.05, 4.69) is 97.4 Å². The van der Waals surface area contributed by atoms with Crippen LogP contribution in [0.5, 0.6) is 0 Å². The highest BCUT2D eigenvalue weighted by molar-refractivity contribution is 6.33. The molecule has 7 heterocycles. The SMILES string of the molecule is CCc1nc2c(cnn2CC)c(NC2CCOCC2)c1CNC(=O)c1cccc(C(=O)NCc2ccc(Cl)c(-c3cccc(C=O)c3)c2)c1.CCc1nc2c(cnn2CC)c(NC2CCOCC2)c1CNC(=O)c1cccc(C(=O)NCc2ccc(Cl)c(-c3cccc(CN4CCCNCC4)c3)c2)c1. The van der Waals surface area contributed by atoms with E-state index in [1.165, 1.54) is 5.56 Å². The minimum atomic E-state index is -0.312. The summed E-state index contributed by atoms with van der Waals surface area (Å²) >= 11 is 13.2. The van der Waals surface area contributed by atoms with Crippen molar-refractivity contribution in [1.82, 2.24) is 61.0 Å². The molecule has 0 spiro atoms. The lowest BCUT2D eigenvalue weighted by Crippen LogP contribution is -2.30. The number of carbonyl (C=O) groups is 5. The van der Waals surface area contributed by atoms with Crippen LogP contribution in [0.2, 0.25) is 10.0 Å². The first-order valence-corrected chi connectivity index (χ1v) is 36.9. The molecule has 10 aromatic rings. The lowest BCUT2D eigenvalue weighted by Gasteiger charge is -2.26. The molecule has 3 aliphatic heterocycles. The lowest BCUT2D eigenvalue weighted by atomic mass is 10.0. The smallest absolute Gasteiger partial charge is 0.251 e. The monoisotopic (exact) mass is 1440 g/mol. The normalized spacial score (nSPS) is 14.4. The van der Waals surface area contributed by atoms with Crippen molar-refractivity contribution in [2.45, 2.75) is 131 Å². The Kier molecular flexibility index (Phi) is 25.2. The Morgan fingerprint density at radius 2 is 0.971 bits per heavy atom. The number of rotatable bonds is 25. The standard InChI is InChI=1S/C43H51ClN8O3.C38H39ClN6O4/c1-3-39-36(40(49-34-14-20-55-21-15-34)37-27-48-52(4-2)41(37)50-39)26-47-43(54)33-11-6-10-32(24-33)42(53)46-25-29-12-13-38(44)35(23-29)31-9-5-8-30(22-31)28-51-18-7-16-45-17-19-51;1-3-34-31(35(43-29-13-15-49-16-14-29)32-22-42-45(4-2)36(32)44-34)21-41-38(48)28-10-6-9-27(19-28)37(47)40-20-24-11-12-33(39)30(18-24)26-8-5-7-25(17-26)23-46/h5-6,8-13,22-24,27,34,45H,3-4,7,14-21,25-26,28H2,1-2H3,(H,46,53)(H,47,54)(H,49,50);5-12,17-19,22-23,29H,3-4,13-16,20-21H2,1-2H3,(H,40,47)(H,41,48)(H,43,44). The summed E-state index contributed by atoms with van der Waals surface area (Å²) in [5.41, 5.74) is 15.9. The number of amides is 4. The third kappa shape index (κ3) is 18.2. The van der Waals surface area contributed by atoms with Gasteiger partial charge in [-0.25, -0.2) is 19.3 Å². The van der Waals surface area contributed by atoms with Crippen LogP contribution in [-0.2, 0) is 68.1 Å². The first kappa shape index (κ1) is 73.9. The molecular formula is C81H90Cl2N14O7. The van der Waals surface area contributed by atoms with Crippen molar-refractivity contribution < 1.29 is 33.4 Å². The molecule has 13 rings (SSSR count). The van der Waals surface area contributed by atoms with Crippen LogP contribution in [0, 0.1) is 0 Å². The van der Waals surface area contributed by atoms with Crippen molar-refractivity contribution in [3.05, 3.63) is 223 Å². The Balaban J connectivity index is 0.000000197. The Hall–Kier alpha value is -9.87. The van der Waals surface area contributed by atoms with Gasteiger partial charge in [0.1, 0.15) is 6.29 Å². The topological polar surface area (TPSA) is 253 Å². The number of halogens is 2. The maximum Gasteiger partial charge on any atom is 0.251 e. The first-order chi connectivity index (χ1) is 50.8. The molecule has 21 nitrogen and oxygen atoms in total. The molecule has 4 amide bonds. The van der Waals surface area contributed by atoms with E-state index in [9.17, 15) is 24.0 Å². The van der Waals surface area contributed by atoms with Gasteiger partial charge in [0.25, 0.3) is 23.6 Å². The molecule has 0 bridgehead atoms. The van der Waals surface area contributed by atoms with Gasteiger partial charge in [-0.2, -0.15) is 10.2 Å². The second kappa shape index (κ2) is 35.5. The Morgan fingerprint density at radius 3 is 1.43 bits per heavy atom. The molecule has 3 aliphatic rings. The molecule has 0 aliphatic carbocycles. The predicted molar refractivity (Wildman–Crippen MR) is 410 cm³/mol. The zero-order valence-electron chi connectivity index (χ0n) is 59.4. The quantitative estimate of drug-likeness (QED) is 0.0263. The van der Waals surface area contributed by atoms with Crippen LogP contribution < -0.4 is 37.2 Å². The number of anilines is 2. The van der Waals surface area contributed by atoms with Crippen molar-refractivity contribution in [1.29, 1.82) is 0 Å². The van der Waals surface area contributed by atoms with Crippen molar-refractivity contribution in [2.24, 2.45) is 0 Å². The number of benzene rings is 6. The number of ether oxygens (including phenoxy) is 2. The number of aryl methyl sites for hydroxylation is 4. The number of aldehydes is 1. The van der Waals surface area contributed by atoms with E-state index < -0.39 is 0 Å². The van der Waals surface area contributed by atoms with Gasteiger partial charge in [-0.3, -0.25) is 28.9 Å². The molecule has 0 unspecified atom stereocenters. The number of pyridine rings is 2. The fourth-order valence-electron chi connectivity index (χ4n) is 13.7. The minimum Gasteiger partial charge on any atom is -0.381 e. The van der Waals surface area contributed by atoms with Crippen LogP contribution >= 0.6 is 23.2 Å². The number of aromatic nitrogens is 6. The van der Waals surface area contributed by atoms with Crippen molar-refractivity contribution in [3.8, 4) is 22.3 Å². The largest absolute Gasteiger partial charge is 0.381 e. The zero-order valence-corrected chi connectivity index (χ0v) is 60.9. The number of hydrogen-bond donors (Lipinski definition) is 7. The molecule has 4 aromatic heterocycles. The number of hydrogen-bond acceptors (Lipinski definition) is 15. The van der Waals surface area contributed by atoms with E-state index in [1.54, 1.807) is 72.8 Å². The van der Waals surface area contributed by atoms with E-state index in [0.29, 0.717) is 96.8 Å². The highest BCUT2D eigenvalue weighted by atomic mass is 35.5. The first-order valence-electron chi connectivity index (χ1n) is 36.2. The fraction of sp³-hybridized carbons (Fsp3) is 0.346. The molecule has 3 fully saturated rings. The maximum absolute atomic E-state index is 13.6. The van der Waals surface area contributed by atoms with Crippen molar-refractivity contribution >= 4 is 86.6 Å².